The van der Waals surface area contributed by atoms with Gasteiger partial charge in [0.1, 0.15) is 0 Å². The molecule has 0 amide bonds. The monoisotopic (exact) mass is 681 g/mol. The zero-order valence-corrected chi connectivity index (χ0v) is 27.3. The molecule has 238 valence electrons. The molecule has 0 aliphatic carbocycles. The highest BCUT2D eigenvalue weighted by Gasteiger charge is 2.22. The summed E-state index contributed by atoms with van der Waals surface area (Å²) in [7, 11) is 0. The molecule has 8 aromatic carbocycles. The number of rotatable bonds is 4. The largest absolute Gasteiger partial charge is 0.309 e. The van der Waals surface area contributed by atoms with Crippen LogP contribution in [0.5, 0.6) is 0 Å². The molecule has 0 fully saturated rings. The quantitative estimate of drug-likeness (QED) is 0.175. The van der Waals surface area contributed by atoms with Crippen LogP contribution in [0.1, 0.15) is 20.6 Å². The number of benzene rings is 8. The van der Waals surface area contributed by atoms with Crippen molar-refractivity contribution in [3.63, 3.8) is 0 Å². The van der Waals surface area contributed by atoms with Crippen LogP contribution in [0.3, 0.4) is 0 Å². The zero-order valence-electron chi connectivity index (χ0n) is 41.5. The van der Waals surface area contributed by atoms with Crippen molar-refractivity contribution in [2.24, 2.45) is 0 Å². The number of aromatic nitrogens is 2. The van der Waals surface area contributed by atoms with E-state index in [4.69, 9.17) is 13.7 Å². The van der Waals surface area contributed by atoms with Crippen molar-refractivity contribution in [2.45, 2.75) is 0 Å². The lowest BCUT2D eigenvalue weighted by Gasteiger charge is -2.17. The van der Waals surface area contributed by atoms with Crippen LogP contribution in [0.15, 0.2) is 182 Å². The van der Waals surface area contributed by atoms with Crippen molar-refractivity contribution in [3.05, 3.63) is 182 Å². The van der Waals surface area contributed by atoms with E-state index in [1.165, 1.54) is 0 Å². The first-order valence-corrected chi connectivity index (χ1v) is 17.0. The molecule has 0 saturated heterocycles. The van der Waals surface area contributed by atoms with E-state index in [-0.39, 0.29) is 37.5 Å². The molecule has 3 heteroatoms. The van der Waals surface area contributed by atoms with Crippen molar-refractivity contribution in [2.75, 3.05) is 0 Å². The Labute approximate surface area is 319 Å². The second kappa shape index (κ2) is 11.0. The third-order valence-corrected chi connectivity index (χ3v) is 10.5. The summed E-state index contributed by atoms with van der Waals surface area (Å²) >= 11 is 0.913. The number of hydrogen-bond donors (Lipinski definition) is 0. The van der Waals surface area contributed by atoms with Gasteiger partial charge in [0, 0.05) is 53.0 Å². The first-order valence-electron chi connectivity index (χ1n) is 23.7. The summed E-state index contributed by atoms with van der Waals surface area (Å²) in [6, 6.07) is 20.0. The molecule has 3 heterocycles. The fourth-order valence-electron chi connectivity index (χ4n) is 7.35. The zero-order chi connectivity index (χ0) is 46.5. The lowest BCUT2D eigenvalue weighted by molar-refractivity contribution is 1.17. The maximum Gasteiger partial charge on any atom is 0.0638 e. The Morgan fingerprint density at radius 3 is 1.80 bits per heavy atom. The molecule has 2 nitrogen and oxygen atoms in total. The SMILES string of the molecule is [2H]c1c([2H])c([2H])c(-c2c([2H])c([2H])c([2H])c(-c3c([2H])c([2H])c4sc5c([2H])c([2H])c([2H])c([2H])c5c4c3-n3c4ccccc4c4cc(-n5c6ccccc6c6ccccc65)ccc43)c2[2H])c([2H])c1[2H]. The predicted octanol–water partition coefficient (Wildman–Crippen LogP) is 13.6. The van der Waals surface area contributed by atoms with Crippen molar-refractivity contribution < 1.29 is 20.6 Å². The predicted molar refractivity (Wildman–Crippen MR) is 219 cm³/mol. The normalized spacial score (nSPS) is 16.0. The molecule has 0 saturated carbocycles. The van der Waals surface area contributed by atoms with E-state index in [0.717, 1.165) is 49.6 Å². The molecular formula is C48H30N2S. The third kappa shape index (κ3) is 4.22. The highest BCUT2D eigenvalue weighted by Crippen LogP contribution is 2.46. The first kappa shape index (κ1) is 17.5. The molecule has 0 N–H and O–H groups in total. The van der Waals surface area contributed by atoms with E-state index in [2.05, 4.69) is 16.7 Å². The Kier molecular flexibility index (Phi) is 3.79. The molecule has 0 aliphatic rings. The second-order valence-corrected chi connectivity index (χ2v) is 13.2. The smallest absolute Gasteiger partial charge is 0.0638 e. The maximum atomic E-state index is 9.80. The molecule has 0 aliphatic heterocycles. The molecule has 0 bridgehead atoms. The number of fused-ring (bicyclic) bond motifs is 9. The molecule has 0 atom stereocenters. The van der Waals surface area contributed by atoms with Gasteiger partial charge in [-0.05, 0) is 71.2 Å². The summed E-state index contributed by atoms with van der Waals surface area (Å²) in [6.45, 7) is 0. The van der Waals surface area contributed by atoms with Gasteiger partial charge in [0.15, 0.2) is 0 Å². The molecule has 3 aromatic heterocycles. The van der Waals surface area contributed by atoms with Crippen molar-refractivity contribution in [1.82, 2.24) is 9.13 Å². The second-order valence-electron chi connectivity index (χ2n) is 12.2. The Morgan fingerprint density at radius 2 is 1.04 bits per heavy atom. The first-order chi connectivity index (χ1) is 31.6. The van der Waals surface area contributed by atoms with Crippen LogP contribution in [0.25, 0.3) is 97.4 Å². The van der Waals surface area contributed by atoms with Gasteiger partial charge < -0.3 is 9.13 Å². The average Bonchev–Trinajstić information content (AvgIpc) is 3.99. The van der Waals surface area contributed by atoms with E-state index in [1.807, 2.05) is 72.8 Å². The summed E-state index contributed by atoms with van der Waals surface area (Å²) in [5.74, 6) is 0. The molecule has 0 spiro atoms. The van der Waals surface area contributed by atoms with Gasteiger partial charge >= 0.3 is 0 Å². The molecular weight excluding hydrogens is 637 g/mol. The van der Waals surface area contributed by atoms with Crippen LogP contribution in [0.2, 0.25) is 0 Å². The average molecular weight is 682 g/mol. The fourth-order valence-corrected chi connectivity index (χ4v) is 8.32. The van der Waals surface area contributed by atoms with Crippen LogP contribution in [-0.4, -0.2) is 9.13 Å². The minimum atomic E-state index is -0.769. The van der Waals surface area contributed by atoms with Gasteiger partial charge in [0.05, 0.1) is 48.3 Å². The van der Waals surface area contributed by atoms with E-state index >= 15 is 0 Å². The molecule has 11 aromatic rings. The molecule has 51 heavy (non-hydrogen) atoms. The van der Waals surface area contributed by atoms with Gasteiger partial charge in [0.2, 0.25) is 0 Å². The number of thiophene rings is 1. The Hall–Kier alpha value is -6.42. The van der Waals surface area contributed by atoms with E-state index < -0.39 is 101 Å². The number of para-hydroxylation sites is 3. The van der Waals surface area contributed by atoms with Gasteiger partial charge in [-0.25, -0.2) is 0 Å². The van der Waals surface area contributed by atoms with Crippen molar-refractivity contribution in [1.29, 1.82) is 0 Å². The number of hydrogen-bond acceptors (Lipinski definition) is 1. The lowest BCUT2D eigenvalue weighted by Crippen LogP contribution is -1.99. The highest BCUT2D eigenvalue weighted by molar-refractivity contribution is 7.25. The van der Waals surface area contributed by atoms with Gasteiger partial charge in [-0.1, -0.05) is 127 Å². The van der Waals surface area contributed by atoms with Crippen LogP contribution < -0.4 is 0 Å². The van der Waals surface area contributed by atoms with Gasteiger partial charge in [-0.15, -0.1) is 11.3 Å². The molecule has 11 rings (SSSR count). The van der Waals surface area contributed by atoms with Crippen molar-refractivity contribution in [3.8, 4) is 33.6 Å². The molecule has 0 unspecified atom stereocenters. The van der Waals surface area contributed by atoms with Gasteiger partial charge in [0.25, 0.3) is 0 Å². The van der Waals surface area contributed by atoms with Crippen LogP contribution in [-0.2, 0) is 0 Å². The fraction of sp³-hybridized carbons (Fsp3) is 0. The Bertz CT molecular complexity index is 3940. The number of nitrogens with zero attached hydrogens (tertiary/aromatic N) is 2. The summed E-state index contributed by atoms with van der Waals surface area (Å²) in [5, 5.41) is 3.73. The lowest BCUT2D eigenvalue weighted by atomic mass is 9.96. The van der Waals surface area contributed by atoms with E-state index in [1.54, 1.807) is 10.6 Å². The van der Waals surface area contributed by atoms with E-state index in [0.29, 0.717) is 11.0 Å². The summed E-state index contributed by atoms with van der Waals surface area (Å²) in [4.78, 5) is 0. The summed E-state index contributed by atoms with van der Waals surface area (Å²) in [5.41, 5.74) is 2.13. The topological polar surface area (TPSA) is 9.86 Å². The van der Waals surface area contributed by atoms with Gasteiger partial charge in [-0.2, -0.15) is 0 Å². The van der Waals surface area contributed by atoms with Gasteiger partial charge in [-0.3, -0.25) is 0 Å². The van der Waals surface area contributed by atoms with Crippen molar-refractivity contribution >= 4 is 75.1 Å². The Morgan fingerprint density at radius 1 is 0.431 bits per heavy atom. The standard InChI is InChI=1S/C48H30N2S/c1-2-13-31(14-3-1)32-15-12-16-33(29-32)35-26-28-46-47(39-20-7-11-24-45(39)51-46)48(35)50-43-23-10-6-19-38(43)40-30-34(25-27-44(40)50)49-41-21-8-4-17-36(41)37-18-5-9-22-42(37)49/h1-30H/i1D,2D,3D,7D,11D,12D,13D,14D,15D,16D,20D,24D,26D,28D,29D. The summed E-state index contributed by atoms with van der Waals surface area (Å²) < 4.78 is 139. The van der Waals surface area contributed by atoms with Crippen LogP contribution in [0.4, 0.5) is 0 Å². The van der Waals surface area contributed by atoms with Crippen LogP contribution in [0, 0.1) is 0 Å². The van der Waals surface area contributed by atoms with Crippen LogP contribution >= 0.6 is 11.3 Å². The van der Waals surface area contributed by atoms with E-state index in [9.17, 15) is 6.85 Å². The molecule has 0 radical (unpaired) electrons. The minimum absolute atomic E-state index is 0.0331. The maximum absolute atomic E-state index is 9.80. The Balaban J connectivity index is 1.35. The highest BCUT2D eigenvalue weighted by atomic mass is 32.1. The third-order valence-electron chi connectivity index (χ3n) is 9.45. The minimum Gasteiger partial charge on any atom is -0.309 e. The summed E-state index contributed by atoms with van der Waals surface area (Å²) in [6.07, 6.45) is 0.